The number of anilines is 1. The van der Waals surface area contributed by atoms with E-state index in [1.54, 1.807) is 34.9 Å². The molecule has 0 N–H and O–H groups in total. The summed E-state index contributed by atoms with van der Waals surface area (Å²) in [7, 11) is 4.04. The third-order valence-corrected chi connectivity index (χ3v) is 7.09. The number of benzene rings is 2. The van der Waals surface area contributed by atoms with Crippen LogP contribution in [0.4, 0.5) is 5.13 Å². The summed E-state index contributed by atoms with van der Waals surface area (Å²) in [6.07, 6.45) is 2.07. The molecule has 0 aliphatic carbocycles. The summed E-state index contributed by atoms with van der Waals surface area (Å²) in [5.41, 5.74) is 1.63. The van der Waals surface area contributed by atoms with Gasteiger partial charge in [-0.1, -0.05) is 25.2 Å². The number of nitrogens with zero attached hydrogens (tertiary/aromatic N) is 3. The van der Waals surface area contributed by atoms with Crippen LogP contribution in [-0.4, -0.2) is 54.5 Å². The normalized spacial score (nSPS) is 11.2. The van der Waals surface area contributed by atoms with Gasteiger partial charge in [0.25, 0.3) is 5.91 Å². The molecule has 2 aromatic carbocycles. The maximum atomic E-state index is 13.4. The Balaban J connectivity index is 0.00000320. The molecule has 0 aliphatic heterocycles. The lowest BCUT2D eigenvalue weighted by molar-refractivity contribution is 0.0985. The number of carbonyl (C=O) groups is 1. The monoisotopic (exact) mass is 481 g/mol. The maximum absolute atomic E-state index is 13.4. The van der Waals surface area contributed by atoms with Crippen LogP contribution in [0.3, 0.4) is 0 Å². The van der Waals surface area contributed by atoms with Crippen molar-refractivity contribution >= 4 is 68.5 Å². The zero-order valence-corrected chi connectivity index (χ0v) is 21.2. The van der Waals surface area contributed by atoms with Crippen LogP contribution in [0.1, 0.15) is 24.2 Å². The van der Waals surface area contributed by atoms with Gasteiger partial charge in [0, 0.05) is 33.7 Å². The van der Waals surface area contributed by atoms with Gasteiger partial charge in [0.1, 0.15) is 0 Å². The minimum absolute atomic E-state index is 0. The molecule has 1 aromatic heterocycles. The van der Waals surface area contributed by atoms with E-state index in [2.05, 4.69) is 37.1 Å². The molecular formula is C22H28ClN3OS3. The minimum atomic E-state index is -0.00269. The number of thioether (sulfide) groups is 2. The Morgan fingerprint density at radius 3 is 2.33 bits per heavy atom. The Kier molecular flexibility index (Phi) is 9.50. The third kappa shape index (κ3) is 6.37. The highest BCUT2D eigenvalue weighted by molar-refractivity contribution is 8.00. The molecule has 30 heavy (non-hydrogen) atoms. The molecule has 3 aromatic rings. The van der Waals surface area contributed by atoms with Gasteiger partial charge >= 0.3 is 0 Å². The number of fused-ring (bicyclic) bond motifs is 1. The summed E-state index contributed by atoms with van der Waals surface area (Å²) < 4.78 is 1.11. The highest BCUT2D eigenvalue weighted by atomic mass is 35.5. The summed E-state index contributed by atoms with van der Waals surface area (Å²) in [5.74, 6) is -0.00269. The van der Waals surface area contributed by atoms with Gasteiger partial charge in [-0.3, -0.25) is 9.69 Å². The van der Waals surface area contributed by atoms with Gasteiger partial charge in [-0.25, -0.2) is 4.98 Å². The SMILES string of the molecule is CSc1ccc2nc(N(CCN(C)C)C(=O)c3ccc(SC(C)C)cc3)sc2c1.Cl. The first-order valence-electron chi connectivity index (χ1n) is 9.55. The van der Waals surface area contributed by atoms with Crippen LogP contribution in [0.15, 0.2) is 52.3 Å². The van der Waals surface area contributed by atoms with Crippen molar-refractivity contribution in [2.45, 2.75) is 28.9 Å². The van der Waals surface area contributed by atoms with E-state index in [0.717, 1.165) is 21.9 Å². The predicted molar refractivity (Wildman–Crippen MR) is 136 cm³/mol. The highest BCUT2D eigenvalue weighted by Gasteiger charge is 2.21. The molecule has 162 valence electrons. The summed E-state index contributed by atoms with van der Waals surface area (Å²) >= 11 is 5.09. The van der Waals surface area contributed by atoms with Crippen molar-refractivity contribution in [3.05, 3.63) is 48.0 Å². The topological polar surface area (TPSA) is 36.4 Å². The Labute approximate surface area is 197 Å². The molecule has 0 fully saturated rings. The van der Waals surface area contributed by atoms with Gasteiger partial charge in [0.05, 0.1) is 10.2 Å². The zero-order valence-electron chi connectivity index (χ0n) is 17.9. The molecule has 8 heteroatoms. The standard InChI is InChI=1S/C22H27N3OS3.ClH/c1-15(2)28-17-8-6-16(7-9-17)21(26)25(13-12-24(3)4)22-23-19-11-10-18(27-5)14-20(19)29-22;/h6-11,14-15H,12-13H2,1-5H3;1H. The highest BCUT2D eigenvalue weighted by Crippen LogP contribution is 2.32. The minimum Gasteiger partial charge on any atom is -0.308 e. The molecule has 0 radical (unpaired) electrons. The second-order valence-corrected chi connectivity index (χ2v) is 10.8. The van der Waals surface area contributed by atoms with E-state index in [1.165, 1.54) is 9.79 Å². The Hall–Kier alpha value is -1.25. The van der Waals surface area contributed by atoms with E-state index in [-0.39, 0.29) is 18.3 Å². The van der Waals surface area contributed by atoms with Gasteiger partial charge in [-0.15, -0.1) is 35.9 Å². The van der Waals surface area contributed by atoms with E-state index in [4.69, 9.17) is 4.98 Å². The van der Waals surface area contributed by atoms with Crippen molar-refractivity contribution in [2.75, 3.05) is 38.3 Å². The van der Waals surface area contributed by atoms with E-state index in [0.29, 0.717) is 17.4 Å². The summed E-state index contributed by atoms with van der Waals surface area (Å²) in [4.78, 5) is 24.4. The van der Waals surface area contributed by atoms with Crippen LogP contribution >= 0.6 is 47.3 Å². The Morgan fingerprint density at radius 1 is 1.07 bits per heavy atom. The molecule has 0 saturated heterocycles. The summed E-state index contributed by atoms with van der Waals surface area (Å²) in [5, 5.41) is 1.27. The van der Waals surface area contributed by atoms with Crippen molar-refractivity contribution < 1.29 is 4.79 Å². The van der Waals surface area contributed by atoms with Crippen molar-refractivity contribution in [1.82, 2.24) is 9.88 Å². The smallest absolute Gasteiger partial charge is 0.260 e. The molecule has 0 aliphatic rings. The fourth-order valence-corrected chi connectivity index (χ4v) is 5.20. The molecule has 3 rings (SSSR count). The van der Waals surface area contributed by atoms with Gasteiger partial charge in [-0.05, 0) is 62.8 Å². The first-order valence-corrected chi connectivity index (χ1v) is 12.5. The molecule has 1 amide bonds. The fourth-order valence-electron chi connectivity index (χ4n) is 2.82. The number of likely N-dealkylation sites (N-methyl/N-ethyl adjacent to an activating group) is 1. The number of thiazole rings is 1. The largest absolute Gasteiger partial charge is 0.308 e. The molecule has 0 bridgehead atoms. The van der Waals surface area contributed by atoms with Crippen molar-refractivity contribution in [2.24, 2.45) is 0 Å². The second-order valence-electron chi connectivity index (χ2n) is 7.28. The van der Waals surface area contributed by atoms with Crippen LogP contribution in [0.25, 0.3) is 10.2 Å². The van der Waals surface area contributed by atoms with Crippen molar-refractivity contribution in [1.29, 1.82) is 0 Å². The first kappa shape index (κ1) is 25.0. The van der Waals surface area contributed by atoms with E-state index in [1.807, 2.05) is 49.3 Å². The number of aromatic nitrogens is 1. The number of carbonyl (C=O) groups excluding carboxylic acids is 1. The van der Waals surface area contributed by atoms with Crippen LogP contribution < -0.4 is 4.90 Å². The van der Waals surface area contributed by atoms with Crippen LogP contribution in [0.5, 0.6) is 0 Å². The van der Waals surface area contributed by atoms with Crippen molar-refractivity contribution in [3.8, 4) is 0 Å². The van der Waals surface area contributed by atoms with Gasteiger partial charge in [-0.2, -0.15) is 0 Å². The number of amides is 1. The van der Waals surface area contributed by atoms with Crippen LogP contribution in [0, 0.1) is 0 Å². The molecule has 4 nitrogen and oxygen atoms in total. The van der Waals surface area contributed by atoms with E-state index < -0.39 is 0 Å². The average molecular weight is 482 g/mol. The zero-order chi connectivity index (χ0) is 21.0. The predicted octanol–water partition coefficient (Wildman–Crippen LogP) is 6.15. The lowest BCUT2D eigenvalue weighted by Gasteiger charge is -2.22. The van der Waals surface area contributed by atoms with Crippen LogP contribution in [0.2, 0.25) is 0 Å². The summed E-state index contributed by atoms with van der Waals surface area (Å²) in [6, 6.07) is 14.2. The number of rotatable bonds is 8. The van der Waals surface area contributed by atoms with E-state index in [9.17, 15) is 4.79 Å². The molecule has 1 heterocycles. The number of hydrogen-bond acceptors (Lipinski definition) is 6. The van der Waals surface area contributed by atoms with Gasteiger partial charge in [0.15, 0.2) is 5.13 Å². The molecular weight excluding hydrogens is 454 g/mol. The second kappa shape index (κ2) is 11.4. The van der Waals surface area contributed by atoms with Gasteiger partial charge < -0.3 is 4.90 Å². The lowest BCUT2D eigenvalue weighted by Crippen LogP contribution is -2.36. The molecule has 0 unspecified atom stereocenters. The fraction of sp³-hybridized carbons (Fsp3) is 0.364. The summed E-state index contributed by atoms with van der Waals surface area (Å²) in [6.45, 7) is 5.72. The number of hydrogen-bond donors (Lipinski definition) is 0. The Morgan fingerprint density at radius 2 is 1.73 bits per heavy atom. The molecule has 0 saturated carbocycles. The molecule has 0 spiro atoms. The first-order chi connectivity index (χ1) is 13.9. The average Bonchev–Trinajstić information content (AvgIpc) is 3.10. The van der Waals surface area contributed by atoms with Gasteiger partial charge in [0.2, 0.25) is 0 Å². The lowest BCUT2D eigenvalue weighted by atomic mass is 10.2. The molecule has 0 atom stereocenters. The Bertz CT molecular complexity index is 973. The maximum Gasteiger partial charge on any atom is 0.260 e. The van der Waals surface area contributed by atoms with Crippen molar-refractivity contribution in [3.63, 3.8) is 0 Å². The van der Waals surface area contributed by atoms with Crippen LogP contribution in [-0.2, 0) is 0 Å². The number of halogens is 1. The third-order valence-electron chi connectivity index (χ3n) is 4.30. The quantitative estimate of drug-likeness (QED) is 0.360. The van der Waals surface area contributed by atoms with E-state index >= 15 is 0 Å².